The maximum absolute atomic E-state index is 5.80. The highest BCUT2D eigenvalue weighted by Crippen LogP contribution is 2.32. The molecule has 0 saturated carbocycles. The molecule has 12 heavy (non-hydrogen) atoms. The van der Waals surface area contributed by atoms with E-state index in [-0.39, 0.29) is 0 Å². The maximum Gasteiger partial charge on any atom is 0.184 e. The SMILES string of the molecule is Cc1c(Br)ccc2nc(Cl)sc12. The highest BCUT2D eigenvalue weighted by atomic mass is 79.9. The minimum absolute atomic E-state index is 0.603. The van der Waals surface area contributed by atoms with E-state index in [1.807, 2.05) is 12.1 Å². The number of halogens is 2. The molecule has 0 fully saturated rings. The molecule has 2 aromatic rings. The Labute approximate surface area is 87.5 Å². The van der Waals surface area contributed by atoms with Crippen molar-refractivity contribution >= 4 is 49.1 Å². The topological polar surface area (TPSA) is 12.9 Å². The van der Waals surface area contributed by atoms with Crippen LogP contribution < -0.4 is 0 Å². The predicted molar refractivity (Wildman–Crippen MR) is 57.1 cm³/mol. The van der Waals surface area contributed by atoms with Crippen molar-refractivity contribution in [1.82, 2.24) is 4.98 Å². The van der Waals surface area contributed by atoms with Gasteiger partial charge in [0.2, 0.25) is 0 Å². The van der Waals surface area contributed by atoms with Gasteiger partial charge in [-0.3, -0.25) is 0 Å². The van der Waals surface area contributed by atoms with Gasteiger partial charge in [-0.05, 0) is 24.6 Å². The van der Waals surface area contributed by atoms with Gasteiger partial charge >= 0.3 is 0 Å². The standard InChI is InChI=1S/C8H5BrClNS/c1-4-5(9)2-3-6-7(4)12-8(10)11-6/h2-3H,1H3. The van der Waals surface area contributed by atoms with Crippen molar-refractivity contribution in [2.24, 2.45) is 0 Å². The summed E-state index contributed by atoms with van der Waals surface area (Å²) in [5, 5.41) is 0. The number of benzene rings is 1. The summed E-state index contributed by atoms with van der Waals surface area (Å²) in [4.78, 5) is 4.18. The van der Waals surface area contributed by atoms with Crippen LogP contribution in [0.1, 0.15) is 5.56 Å². The van der Waals surface area contributed by atoms with Crippen molar-refractivity contribution in [2.45, 2.75) is 6.92 Å². The molecule has 0 aliphatic rings. The molecule has 1 heterocycles. The Morgan fingerprint density at radius 3 is 3.00 bits per heavy atom. The van der Waals surface area contributed by atoms with E-state index >= 15 is 0 Å². The van der Waals surface area contributed by atoms with Crippen LogP contribution in [0.15, 0.2) is 16.6 Å². The molecule has 4 heteroatoms. The molecule has 0 N–H and O–H groups in total. The van der Waals surface area contributed by atoms with Gasteiger partial charge in [-0.25, -0.2) is 4.98 Å². The fourth-order valence-corrected chi connectivity index (χ4v) is 2.65. The van der Waals surface area contributed by atoms with Gasteiger partial charge in [0.05, 0.1) is 10.2 Å². The van der Waals surface area contributed by atoms with E-state index in [4.69, 9.17) is 11.6 Å². The summed E-state index contributed by atoms with van der Waals surface area (Å²) in [6.07, 6.45) is 0. The third-order valence-corrected chi connectivity index (χ3v) is 3.87. The summed E-state index contributed by atoms with van der Waals surface area (Å²) in [7, 11) is 0. The molecule has 0 aliphatic heterocycles. The Morgan fingerprint density at radius 1 is 1.50 bits per heavy atom. The molecule has 1 aromatic heterocycles. The molecule has 2 rings (SSSR count). The zero-order valence-corrected chi connectivity index (χ0v) is 9.42. The molecule has 0 radical (unpaired) electrons. The number of hydrogen-bond donors (Lipinski definition) is 0. The highest BCUT2D eigenvalue weighted by molar-refractivity contribution is 9.10. The van der Waals surface area contributed by atoms with Gasteiger partial charge in [-0.2, -0.15) is 0 Å². The normalized spacial score (nSPS) is 10.9. The third-order valence-electron chi connectivity index (χ3n) is 1.71. The van der Waals surface area contributed by atoms with E-state index in [0.29, 0.717) is 4.47 Å². The van der Waals surface area contributed by atoms with Gasteiger partial charge in [0.25, 0.3) is 0 Å². The summed E-state index contributed by atoms with van der Waals surface area (Å²) < 4.78 is 2.87. The minimum Gasteiger partial charge on any atom is -0.225 e. The number of fused-ring (bicyclic) bond motifs is 1. The Bertz CT molecular complexity index is 438. The summed E-state index contributed by atoms with van der Waals surface area (Å²) in [5.41, 5.74) is 2.18. The van der Waals surface area contributed by atoms with Crippen molar-refractivity contribution in [2.75, 3.05) is 0 Å². The van der Waals surface area contributed by atoms with Gasteiger partial charge in [0.1, 0.15) is 0 Å². The molecule has 62 valence electrons. The monoisotopic (exact) mass is 261 g/mol. The molecule has 1 nitrogen and oxygen atoms in total. The summed E-state index contributed by atoms with van der Waals surface area (Å²) in [5.74, 6) is 0. The van der Waals surface area contributed by atoms with Crippen LogP contribution in [0.4, 0.5) is 0 Å². The number of thiazole rings is 1. The Morgan fingerprint density at radius 2 is 2.25 bits per heavy atom. The van der Waals surface area contributed by atoms with E-state index in [1.165, 1.54) is 16.9 Å². The van der Waals surface area contributed by atoms with Crippen LogP contribution in [0.5, 0.6) is 0 Å². The molecule has 1 aromatic carbocycles. The lowest BCUT2D eigenvalue weighted by atomic mass is 10.2. The van der Waals surface area contributed by atoms with Crippen LogP contribution in [0.2, 0.25) is 4.47 Å². The average molecular weight is 263 g/mol. The van der Waals surface area contributed by atoms with E-state index in [0.717, 1.165) is 14.7 Å². The number of aryl methyl sites for hydroxylation is 1. The second-order valence-corrected chi connectivity index (χ2v) is 4.92. The second kappa shape index (κ2) is 2.98. The fraction of sp³-hybridized carbons (Fsp3) is 0.125. The van der Waals surface area contributed by atoms with Crippen LogP contribution in [-0.2, 0) is 0 Å². The fourth-order valence-electron chi connectivity index (χ4n) is 1.07. The van der Waals surface area contributed by atoms with E-state index in [9.17, 15) is 0 Å². The quantitative estimate of drug-likeness (QED) is 0.699. The van der Waals surface area contributed by atoms with E-state index < -0.39 is 0 Å². The van der Waals surface area contributed by atoms with Crippen LogP contribution in [0, 0.1) is 6.92 Å². The highest BCUT2D eigenvalue weighted by Gasteiger charge is 2.05. The number of hydrogen-bond acceptors (Lipinski definition) is 2. The molecule has 0 spiro atoms. The van der Waals surface area contributed by atoms with Gasteiger partial charge in [-0.15, -0.1) is 11.3 Å². The van der Waals surface area contributed by atoms with Crippen molar-refractivity contribution in [3.63, 3.8) is 0 Å². The third kappa shape index (κ3) is 1.26. The molecular weight excluding hydrogens is 258 g/mol. The lowest BCUT2D eigenvalue weighted by Gasteiger charge is -1.96. The van der Waals surface area contributed by atoms with Gasteiger partial charge in [0, 0.05) is 4.47 Å². The first-order valence-corrected chi connectivity index (χ1v) is 5.38. The molecule has 0 atom stereocenters. The van der Waals surface area contributed by atoms with Crippen LogP contribution in [0.25, 0.3) is 10.2 Å². The van der Waals surface area contributed by atoms with E-state index in [2.05, 4.69) is 27.8 Å². The van der Waals surface area contributed by atoms with Gasteiger partial charge in [0.15, 0.2) is 4.47 Å². The first-order valence-electron chi connectivity index (χ1n) is 3.39. The van der Waals surface area contributed by atoms with Crippen molar-refractivity contribution < 1.29 is 0 Å². The van der Waals surface area contributed by atoms with Crippen LogP contribution in [0.3, 0.4) is 0 Å². The van der Waals surface area contributed by atoms with Crippen molar-refractivity contribution in [3.8, 4) is 0 Å². The Hall–Kier alpha value is -0.120. The van der Waals surface area contributed by atoms with Crippen molar-refractivity contribution in [3.05, 3.63) is 26.6 Å². The first kappa shape index (κ1) is 8.48. The minimum atomic E-state index is 0.603. The molecule has 0 aliphatic carbocycles. The van der Waals surface area contributed by atoms with Crippen LogP contribution >= 0.6 is 38.9 Å². The predicted octanol–water partition coefficient (Wildman–Crippen LogP) is 4.02. The first-order chi connectivity index (χ1) is 5.68. The molecule has 0 saturated heterocycles. The largest absolute Gasteiger partial charge is 0.225 e. The maximum atomic E-state index is 5.80. The van der Waals surface area contributed by atoms with Crippen LogP contribution in [-0.4, -0.2) is 4.98 Å². The lowest BCUT2D eigenvalue weighted by Crippen LogP contribution is -1.75. The number of aromatic nitrogens is 1. The Balaban J connectivity index is 2.89. The summed E-state index contributed by atoms with van der Waals surface area (Å²) >= 11 is 10.8. The number of rotatable bonds is 0. The smallest absolute Gasteiger partial charge is 0.184 e. The summed E-state index contributed by atoms with van der Waals surface area (Å²) in [6, 6.07) is 3.96. The molecular formula is C8H5BrClNS. The molecule has 0 unspecified atom stereocenters. The molecule has 0 amide bonds. The van der Waals surface area contributed by atoms with Gasteiger partial charge in [-0.1, -0.05) is 27.5 Å². The second-order valence-electron chi connectivity index (χ2n) is 2.49. The van der Waals surface area contributed by atoms with Gasteiger partial charge < -0.3 is 0 Å². The zero-order valence-electron chi connectivity index (χ0n) is 6.27. The van der Waals surface area contributed by atoms with Crippen molar-refractivity contribution in [1.29, 1.82) is 0 Å². The molecule has 0 bridgehead atoms. The number of nitrogens with zero attached hydrogens (tertiary/aromatic N) is 1. The zero-order chi connectivity index (χ0) is 8.72. The lowest BCUT2D eigenvalue weighted by molar-refractivity contribution is 1.45. The van der Waals surface area contributed by atoms with E-state index in [1.54, 1.807) is 0 Å². The average Bonchev–Trinajstić information content (AvgIpc) is 2.39. The Kier molecular flexibility index (Phi) is 2.10. The summed E-state index contributed by atoms with van der Waals surface area (Å²) in [6.45, 7) is 2.06.